The first kappa shape index (κ1) is 15.7. The maximum atomic E-state index is 12.4. The number of hydrogen-bond donors (Lipinski definition) is 2. The van der Waals surface area contributed by atoms with Crippen LogP contribution in [0.2, 0.25) is 0 Å². The van der Waals surface area contributed by atoms with E-state index in [0.717, 1.165) is 18.4 Å². The van der Waals surface area contributed by atoms with E-state index in [1.54, 1.807) is 6.20 Å². The van der Waals surface area contributed by atoms with Gasteiger partial charge in [-0.3, -0.25) is 10.1 Å². The zero-order valence-corrected chi connectivity index (χ0v) is 13.0. The van der Waals surface area contributed by atoms with Crippen molar-refractivity contribution < 1.29 is 9.53 Å². The highest BCUT2D eigenvalue weighted by atomic mass is 16.5. The Bertz CT molecular complexity index is 635. The lowest BCUT2D eigenvalue weighted by Crippen LogP contribution is -2.44. The summed E-state index contributed by atoms with van der Waals surface area (Å²) in [7, 11) is 0. The number of nitrogens with one attached hydrogen (secondary N) is 1. The van der Waals surface area contributed by atoms with Gasteiger partial charge in [-0.25, -0.2) is 4.98 Å². The summed E-state index contributed by atoms with van der Waals surface area (Å²) in [6.07, 6.45) is 5.18. The Morgan fingerprint density at radius 2 is 2.09 bits per heavy atom. The summed E-state index contributed by atoms with van der Waals surface area (Å²) in [5.74, 6) is 0.514. The standard InChI is InChI=1S/C17H22N4O2/c18-15(14-6-10-23-11-7-14)16(22)20-17-19-8-9-21(17)12-13-4-2-1-3-5-13/h1-5,8-9,14-15H,6-7,10-12,18H2,(H,19,20,22). The molecule has 1 aromatic carbocycles. The van der Waals surface area contributed by atoms with E-state index < -0.39 is 6.04 Å². The lowest BCUT2D eigenvalue weighted by Gasteiger charge is -2.26. The van der Waals surface area contributed by atoms with Gasteiger partial charge in [0.2, 0.25) is 11.9 Å². The molecule has 1 aliphatic heterocycles. The van der Waals surface area contributed by atoms with Crippen LogP contribution in [0.1, 0.15) is 18.4 Å². The van der Waals surface area contributed by atoms with Crippen molar-refractivity contribution in [2.75, 3.05) is 18.5 Å². The number of carbonyl (C=O) groups is 1. The quantitative estimate of drug-likeness (QED) is 0.878. The van der Waals surface area contributed by atoms with Crippen LogP contribution in [0.25, 0.3) is 0 Å². The zero-order chi connectivity index (χ0) is 16.1. The molecule has 1 unspecified atom stereocenters. The van der Waals surface area contributed by atoms with Crippen molar-refractivity contribution in [3.05, 3.63) is 48.3 Å². The molecule has 3 N–H and O–H groups in total. The van der Waals surface area contributed by atoms with Crippen molar-refractivity contribution in [3.63, 3.8) is 0 Å². The molecule has 0 aliphatic carbocycles. The van der Waals surface area contributed by atoms with E-state index in [4.69, 9.17) is 10.5 Å². The van der Waals surface area contributed by atoms with Crippen LogP contribution in [0.4, 0.5) is 5.95 Å². The van der Waals surface area contributed by atoms with Crippen molar-refractivity contribution >= 4 is 11.9 Å². The molecule has 6 nitrogen and oxygen atoms in total. The minimum absolute atomic E-state index is 0.168. The van der Waals surface area contributed by atoms with Crippen LogP contribution in [0.15, 0.2) is 42.7 Å². The Morgan fingerprint density at radius 1 is 1.35 bits per heavy atom. The third-order valence-electron chi connectivity index (χ3n) is 4.22. The molecule has 6 heteroatoms. The number of nitrogens with two attached hydrogens (primary N) is 1. The molecule has 122 valence electrons. The second kappa shape index (κ2) is 7.39. The molecule has 0 saturated carbocycles. The van der Waals surface area contributed by atoms with Crippen LogP contribution in [0.5, 0.6) is 0 Å². The van der Waals surface area contributed by atoms with Crippen LogP contribution >= 0.6 is 0 Å². The van der Waals surface area contributed by atoms with Gasteiger partial charge >= 0.3 is 0 Å². The van der Waals surface area contributed by atoms with Crippen LogP contribution in [-0.2, 0) is 16.1 Å². The van der Waals surface area contributed by atoms with Gasteiger partial charge in [-0.1, -0.05) is 30.3 Å². The number of hydrogen-bond acceptors (Lipinski definition) is 4. The van der Waals surface area contributed by atoms with Crippen LogP contribution in [-0.4, -0.2) is 34.7 Å². The van der Waals surface area contributed by atoms with Crippen LogP contribution < -0.4 is 11.1 Å². The Balaban J connectivity index is 1.63. The predicted molar refractivity (Wildman–Crippen MR) is 87.9 cm³/mol. The largest absolute Gasteiger partial charge is 0.381 e. The van der Waals surface area contributed by atoms with Crippen LogP contribution in [0.3, 0.4) is 0 Å². The van der Waals surface area contributed by atoms with Gasteiger partial charge in [-0.2, -0.15) is 0 Å². The number of benzene rings is 1. The second-order valence-electron chi connectivity index (χ2n) is 5.83. The first-order valence-corrected chi connectivity index (χ1v) is 7.93. The minimum Gasteiger partial charge on any atom is -0.381 e. The number of rotatable bonds is 5. The fourth-order valence-corrected chi connectivity index (χ4v) is 2.82. The molecule has 0 bridgehead atoms. The first-order chi connectivity index (χ1) is 11.2. The molecular formula is C17H22N4O2. The molecule has 1 aromatic heterocycles. The fraction of sp³-hybridized carbons (Fsp3) is 0.412. The van der Waals surface area contributed by atoms with Gasteiger partial charge in [0.1, 0.15) is 0 Å². The zero-order valence-electron chi connectivity index (χ0n) is 13.0. The van der Waals surface area contributed by atoms with E-state index in [0.29, 0.717) is 25.7 Å². The molecule has 3 rings (SSSR count). The molecule has 2 aromatic rings. The summed E-state index contributed by atoms with van der Waals surface area (Å²) in [4.78, 5) is 16.6. The Morgan fingerprint density at radius 3 is 2.83 bits per heavy atom. The van der Waals surface area contributed by atoms with E-state index in [9.17, 15) is 4.79 Å². The summed E-state index contributed by atoms with van der Waals surface area (Å²) in [6.45, 7) is 2.01. The van der Waals surface area contributed by atoms with E-state index in [2.05, 4.69) is 10.3 Å². The Kier molecular flexibility index (Phi) is 5.05. The van der Waals surface area contributed by atoms with Crippen molar-refractivity contribution in [1.29, 1.82) is 0 Å². The highest BCUT2D eigenvalue weighted by molar-refractivity contribution is 5.93. The molecule has 1 amide bonds. The Labute approximate surface area is 135 Å². The monoisotopic (exact) mass is 314 g/mol. The summed E-state index contributed by atoms with van der Waals surface area (Å²) in [5.41, 5.74) is 7.25. The number of amides is 1. The number of nitrogens with zero attached hydrogens (tertiary/aromatic N) is 2. The summed E-state index contributed by atoms with van der Waals surface area (Å²) in [5, 5.41) is 2.85. The fourth-order valence-electron chi connectivity index (χ4n) is 2.82. The lowest BCUT2D eigenvalue weighted by atomic mass is 9.92. The van der Waals surface area contributed by atoms with E-state index in [1.807, 2.05) is 41.1 Å². The number of anilines is 1. The number of carbonyl (C=O) groups excluding carboxylic acids is 1. The van der Waals surface area contributed by atoms with Crippen LogP contribution in [0, 0.1) is 5.92 Å². The summed E-state index contributed by atoms with van der Waals surface area (Å²) >= 11 is 0. The molecule has 23 heavy (non-hydrogen) atoms. The average molecular weight is 314 g/mol. The van der Waals surface area contributed by atoms with Gasteiger partial charge < -0.3 is 15.0 Å². The van der Waals surface area contributed by atoms with Crippen molar-refractivity contribution in [2.45, 2.75) is 25.4 Å². The molecular weight excluding hydrogens is 292 g/mol. The maximum Gasteiger partial charge on any atom is 0.243 e. The smallest absolute Gasteiger partial charge is 0.243 e. The number of aromatic nitrogens is 2. The average Bonchev–Trinajstić information content (AvgIpc) is 3.02. The minimum atomic E-state index is -0.527. The highest BCUT2D eigenvalue weighted by Gasteiger charge is 2.27. The summed E-state index contributed by atoms with van der Waals surface area (Å²) < 4.78 is 7.22. The Hall–Kier alpha value is -2.18. The third-order valence-corrected chi connectivity index (χ3v) is 4.22. The predicted octanol–water partition coefficient (Wildman–Crippen LogP) is 1.62. The topological polar surface area (TPSA) is 82.2 Å². The first-order valence-electron chi connectivity index (χ1n) is 7.93. The van der Waals surface area contributed by atoms with Gasteiger partial charge in [0.05, 0.1) is 12.6 Å². The molecule has 1 aliphatic rings. The maximum absolute atomic E-state index is 12.4. The van der Waals surface area contributed by atoms with Gasteiger partial charge in [-0.15, -0.1) is 0 Å². The van der Waals surface area contributed by atoms with E-state index >= 15 is 0 Å². The van der Waals surface area contributed by atoms with Gasteiger partial charge in [0, 0.05) is 25.6 Å². The van der Waals surface area contributed by atoms with Crippen molar-refractivity contribution in [2.24, 2.45) is 11.7 Å². The van der Waals surface area contributed by atoms with E-state index in [-0.39, 0.29) is 11.8 Å². The molecule has 1 fully saturated rings. The van der Waals surface area contributed by atoms with Gasteiger partial charge in [0.15, 0.2) is 0 Å². The molecule has 0 radical (unpaired) electrons. The SMILES string of the molecule is NC(C(=O)Nc1nccn1Cc1ccccc1)C1CCOCC1. The molecule has 1 saturated heterocycles. The third kappa shape index (κ3) is 3.97. The second-order valence-corrected chi connectivity index (χ2v) is 5.83. The van der Waals surface area contributed by atoms with Gasteiger partial charge in [-0.05, 0) is 24.3 Å². The normalized spacial score (nSPS) is 16.9. The van der Waals surface area contributed by atoms with Crippen molar-refractivity contribution in [1.82, 2.24) is 9.55 Å². The molecule has 1 atom stereocenters. The van der Waals surface area contributed by atoms with E-state index in [1.165, 1.54) is 0 Å². The molecule has 0 spiro atoms. The number of imidazole rings is 1. The highest BCUT2D eigenvalue weighted by Crippen LogP contribution is 2.19. The molecule has 2 heterocycles. The summed E-state index contributed by atoms with van der Waals surface area (Å²) in [6, 6.07) is 9.52. The van der Waals surface area contributed by atoms with Gasteiger partial charge in [0.25, 0.3) is 0 Å². The lowest BCUT2D eigenvalue weighted by molar-refractivity contribution is -0.119. The number of ether oxygens (including phenoxy) is 1. The van der Waals surface area contributed by atoms with Crippen molar-refractivity contribution in [3.8, 4) is 0 Å².